The normalized spacial score (nSPS) is 11.2. The number of carboxylic acids is 1. The summed E-state index contributed by atoms with van der Waals surface area (Å²) in [7, 11) is 0. The maximum atomic E-state index is 12.2. The van der Waals surface area contributed by atoms with Crippen LogP contribution in [0.2, 0.25) is 0 Å². The van der Waals surface area contributed by atoms with E-state index in [1.165, 1.54) is 31.4 Å². The number of esters is 1. The van der Waals surface area contributed by atoms with Gasteiger partial charge in [0.15, 0.2) is 0 Å². The highest BCUT2D eigenvalue weighted by atomic mass is 16.6. The Hall–Kier alpha value is -3.98. The minimum atomic E-state index is -0.954. The van der Waals surface area contributed by atoms with Gasteiger partial charge in [-0.25, -0.2) is 9.59 Å². The van der Waals surface area contributed by atoms with Gasteiger partial charge in [-0.15, -0.1) is 6.58 Å². The predicted molar refractivity (Wildman–Crippen MR) is 177 cm³/mol. The largest absolute Gasteiger partial charge is 0.491 e. The average Bonchev–Trinajstić information content (AvgIpc) is 3.06. The molecule has 8 heteroatoms. The molecule has 3 rings (SSSR count). The van der Waals surface area contributed by atoms with Crippen LogP contribution < -0.4 is 4.74 Å². The Morgan fingerprint density at radius 1 is 0.733 bits per heavy atom. The van der Waals surface area contributed by atoms with Gasteiger partial charge in [-0.2, -0.15) is 0 Å². The Morgan fingerprint density at radius 2 is 1.31 bits per heavy atom. The van der Waals surface area contributed by atoms with Crippen LogP contribution in [0, 0.1) is 0 Å². The van der Waals surface area contributed by atoms with Crippen molar-refractivity contribution < 1.29 is 38.4 Å². The lowest BCUT2D eigenvalue weighted by Crippen LogP contribution is -2.15. The van der Waals surface area contributed by atoms with Crippen LogP contribution in [0.1, 0.15) is 66.7 Å². The van der Waals surface area contributed by atoms with Crippen LogP contribution in [0.3, 0.4) is 0 Å². The minimum Gasteiger partial charge on any atom is -0.491 e. The molecular formula is C37H48O8. The first kappa shape index (κ1) is 37.2. The van der Waals surface area contributed by atoms with Crippen molar-refractivity contribution in [3.8, 4) is 16.9 Å². The van der Waals surface area contributed by atoms with E-state index in [1.54, 1.807) is 18.2 Å². The zero-order chi connectivity index (χ0) is 32.5. The Morgan fingerprint density at radius 3 is 1.91 bits per heavy atom. The molecule has 3 aromatic carbocycles. The molecule has 0 saturated heterocycles. The zero-order valence-corrected chi connectivity index (χ0v) is 26.7. The second-order valence-corrected chi connectivity index (χ2v) is 10.3. The molecule has 8 nitrogen and oxygen atoms in total. The Bertz CT molecular complexity index is 1210. The number of ether oxygens (including phenoxy) is 5. The number of hydrogen-bond donors (Lipinski definition) is 1. The van der Waals surface area contributed by atoms with Crippen LogP contribution in [-0.4, -0.2) is 69.4 Å². The Kier molecular flexibility index (Phi) is 19.4. The fraction of sp³-hybridized carbons (Fsp3) is 0.405. The SMILES string of the molecule is C=CCOCCOCCOCCOc1ccc(C(=O)O)cc1.CCCCCC[C@@H](C)OC(=O)c1ccc(-c2ccccc2)cc1. The first-order chi connectivity index (χ1) is 21.9. The molecule has 1 N–H and O–H groups in total. The van der Waals surface area contributed by atoms with Gasteiger partial charge in [0.25, 0.3) is 0 Å². The highest BCUT2D eigenvalue weighted by Crippen LogP contribution is 2.20. The van der Waals surface area contributed by atoms with E-state index < -0.39 is 5.97 Å². The second-order valence-electron chi connectivity index (χ2n) is 10.3. The number of hydrogen-bond acceptors (Lipinski definition) is 7. The standard InChI is InChI=1S/C21H26O2.C16H22O6/c1-3-4-5-7-10-17(2)23-21(22)20-15-13-19(14-16-20)18-11-8-6-9-12-18;1-2-7-19-8-9-20-10-11-21-12-13-22-15-5-3-14(4-6-15)16(17)18/h6,8-9,11-17H,3-5,7,10H2,1-2H3;2-6H,1,7-13H2,(H,17,18)/t17-;/m1./s1. The molecule has 0 aliphatic heterocycles. The number of carboxylic acid groups (broad SMARTS) is 1. The molecular weight excluding hydrogens is 572 g/mol. The van der Waals surface area contributed by atoms with Crippen molar-refractivity contribution in [3.05, 3.63) is 103 Å². The molecule has 244 valence electrons. The molecule has 0 unspecified atom stereocenters. The minimum absolute atomic E-state index is 0.0202. The Labute approximate surface area is 267 Å². The lowest BCUT2D eigenvalue weighted by atomic mass is 10.0. The maximum Gasteiger partial charge on any atom is 0.338 e. The summed E-state index contributed by atoms with van der Waals surface area (Å²) in [5, 5.41) is 8.77. The van der Waals surface area contributed by atoms with E-state index in [2.05, 4.69) is 25.6 Å². The first-order valence-corrected chi connectivity index (χ1v) is 15.6. The molecule has 1 atom stereocenters. The van der Waals surface area contributed by atoms with E-state index in [-0.39, 0.29) is 17.6 Å². The average molecular weight is 621 g/mol. The summed E-state index contributed by atoms with van der Waals surface area (Å²) in [6, 6.07) is 24.0. The highest BCUT2D eigenvalue weighted by Gasteiger charge is 2.12. The first-order valence-electron chi connectivity index (χ1n) is 15.6. The Balaban J connectivity index is 0.000000314. The van der Waals surface area contributed by atoms with E-state index >= 15 is 0 Å². The van der Waals surface area contributed by atoms with Gasteiger partial charge < -0.3 is 28.8 Å². The topological polar surface area (TPSA) is 101 Å². The van der Waals surface area contributed by atoms with Crippen molar-refractivity contribution >= 4 is 11.9 Å². The van der Waals surface area contributed by atoms with Gasteiger partial charge >= 0.3 is 11.9 Å². The van der Waals surface area contributed by atoms with E-state index in [0.29, 0.717) is 57.6 Å². The molecule has 0 aliphatic carbocycles. The lowest BCUT2D eigenvalue weighted by molar-refractivity contribution is 0.0135. The summed E-state index contributed by atoms with van der Waals surface area (Å²) >= 11 is 0. The molecule has 45 heavy (non-hydrogen) atoms. The van der Waals surface area contributed by atoms with Gasteiger partial charge in [0.05, 0.1) is 56.9 Å². The van der Waals surface area contributed by atoms with Crippen LogP contribution in [-0.2, 0) is 18.9 Å². The van der Waals surface area contributed by atoms with Crippen LogP contribution in [0.4, 0.5) is 0 Å². The number of unbranched alkanes of at least 4 members (excludes halogenated alkanes) is 3. The third-order valence-electron chi connectivity index (χ3n) is 6.58. The van der Waals surface area contributed by atoms with Crippen LogP contribution in [0.25, 0.3) is 11.1 Å². The summed E-state index contributed by atoms with van der Waals surface area (Å²) in [5.41, 5.74) is 3.11. The summed E-state index contributed by atoms with van der Waals surface area (Å²) in [5.74, 6) is -0.568. The van der Waals surface area contributed by atoms with Gasteiger partial charge in [0, 0.05) is 0 Å². The molecule has 0 amide bonds. The lowest BCUT2D eigenvalue weighted by Gasteiger charge is -2.13. The number of carbonyl (C=O) groups excluding carboxylic acids is 1. The summed E-state index contributed by atoms with van der Waals surface area (Å²) in [6.07, 6.45) is 7.42. The molecule has 0 spiro atoms. The maximum absolute atomic E-state index is 12.2. The number of aromatic carboxylic acids is 1. The molecule has 3 aromatic rings. The van der Waals surface area contributed by atoms with E-state index in [4.69, 9.17) is 28.8 Å². The number of carbonyl (C=O) groups is 2. The smallest absolute Gasteiger partial charge is 0.338 e. The van der Waals surface area contributed by atoms with Crippen molar-refractivity contribution in [2.24, 2.45) is 0 Å². The fourth-order valence-corrected chi connectivity index (χ4v) is 4.12. The number of rotatable bonds is 21. The molecule has 0 radical (unpaired) electrons. The second kappa shape index (κ2) is 23.4. The van der Waals surface area contributed by atoms with Crippen molar-refractivity contribution in [1.29, 1.82) is 0 Å². The molecule has 0 heterocycles. The third-order valence-corrected chi connectivity index (χ3v) is 6.58. The molecule has 0 aliphatic rings. The van der Waals surface area contributed by atoms with Gasteiger partial charge in [-0.05, 0) is 67.3 Å². The van der Waals surface area contributed by atoms with E-state index in [9.17, 15) is 9.59 Å². The molecule has 0 saturated carbocycles. The summed E-state index contributed by atoms with van der Waals surface area (Å²) in [4.78, 5) is 22.9. The van der Waals surface area contributed by atoms with Gasteiger partial charge in [-0.1, -0.05) is 74.7 Å². The van der Waals surface area contributed by atoms with Gasteiger partial charge in [0.2, 0.25) is 0 Å². The van der Waals surface area contributed by atoms with Crippen LogP contribution >= 0.6 is 0 Å². The monoisotopic (exact) mass is 620 g/mol. The summed E-state index contributed by atoms with van der Waals surface area (Å²) < 4.78 is 26.8. The molecule has 0 aromatic heterocycles. The van der Waals surface area contributed by atoms with Crippen molar-refractivity contribution in [2.75, 3.05) is 46.2 Å². The van der Waals surface area contributed by atoms with E-state index in [0.717, 1.165) is 24.0 Å². The predicted octanol–water partition coefficient (Wildman–Crippen LogP) is 7.87. The van der Waals surface area contributed by atoms with Crippen molar-refractivity contribution in [1.82, 2.24) is 0 Å². The van der Waals surface area contributed by atoms with Crippen LogP contribution in [0.5, 0.6) is 5.75 Å². The quantitative estimate of drug-likeness (QED) is 0.0730. The number of benzene rings is 3. The molecule has 0 fully saturated rings. The van der Waals surface area contributed by atoms with Gasteiger partial charge in [-0.3, -0.25) is 0 Å². The van der Waals surface area contributed by atoms with Gasteiger partial charge in [0.1, 0.15) is 12.4 Å². The fourth-order valence-electron chi connectivity index (χ4n) is 4.12. The third kappa shape index (κ3) is 16.6. The van der Waals surface area contributed by atoms with E-state index in [1.807, 2.05) is 49.4 Å². The highest BCUT2D eigenvalue weighted by molar-refractivity contribution is 5.90. The summed E-state index contributed by atoms with van der Waals surface area (Å²) in [6.45, 7) is 11.2. The van der Waals surface area contributed by atoms with Crippen molar-refractivity contribution in [3.63, 3.8) is 0 Å². The molecule has 0 bridgehead atoms. The van der Waals surface area contributed by atoms with Crippen LogP contribution in [0.15, 0.2) is 91.5 Å². The van der Waals surface area contributed by atoms with Crippen molar-refractivity contribution in [2.45, 2.75) is 52.1 Å². The zero-order valence-electron chi connectivity index (χ0n) is 26.7.